The Bertz CT molecular complexity index is 130. The molecule has 0 rings (SSSR count). The quantitative estimate of drug-likeness (QED) is 0.671. The van der Waals surface area contributed by atoms with E-state index in [0.29, 0.717) is 6.04 Å². The van der Waals surface area contributed by atoms with Gasteiger partial charge in [0, 0.05) is 0 Å². The first-order chi connectivity index (χ1) is 5.17. The predicted octanol–water partition coefficient (Wildman–Crippen LogP) is 3.79. The van der Waals surface area contributed by atoms with Gasteiger partial charge >= 0.3 is 21.1 Å². The standard InChI is InChI=1S/C11H23N.W/c1-8-9(10(2,3)4)12-11(5,6)7;/h9H,1,8H2,2-7H3;/q-2;+2. The third-order valence-electron chi connectivity index (χ3n) is 1.82. The SMILES string of the molecule is [CH2-]CC([N-]C(C)(C)C)C(C)(C)C.[W+2]. The van der Waals surface area contributed by atoms with Gasteiger partial charge in [-0.1, -0.05) is 47.0 Å². The van der Waals surface area contributed by atoms with Crippen LogP contribution in [-0.4, -0.2) is 11.6 Å². The monoisotopic (exact) mass is 353 g/mol. The van der Waals surface area contributed by atoms with Crippen molar-refractivity contribution < 1.29 is 21.1 Å². The van der Waals surface area contributed by atoms with Gasteiger partial charge in [-0.3, -0.25) is 0 Å². The van der Waals surface area contributed by atoms with Crippen LogP contribution in [0.5, 0.6) is 0 Å². The van der Waals surface area contributed by atoms with Gasteiger partial charge in [-0.05, 0) is 0 Å². The number of rotatable bonds is 2. The molecule has 13 heavy (non-hydrogen) atoms. The maximum atomic E-state index is 4.74. The molecule has 0 saturated carbocycles. The predicted molar refractivity (Wildman–Crippen MR) is 56.3 cm³/mol. The van der Waals surface area contributed by atoms with E-state index in [4.69, 9.17) is 5.32 Å². The van der Waals surface area contributed by atoms with Gasteiger partial charge in [0.1, 0.15) is 0 Å². The summed E-state index contributed by atoms with van der Waals surface area (Å²) in [6, 6.07) is 0.373. The second-order valence-corrected chi connectivity index (χ2v) is 5.47. The zero-order valence-corrected chi connectivity index (χ0v) is 12.8. The number of nitrogens with zero attached hydrogens (tertiary/aromatic N) is 1. The Morgan fingerprint density at radius 1 is 1.08 bits per heavy atom. The van der Waals surface area contributed by atoms with Crippen LogP contribution in [0.25, 0.3) is 5.32 Å². The minimum Gasteiger partial charge on any atom is -0.656 e. The molecule has 0 aliphatic carbocycles. The van der Waals surface area contributed by atoms with Crippen molar-refractivity contribution in [3.63, 3.8) is 0 Å². The van der Waals surface area contributed by atoms with Crippen LogP contribution in [0.4, 0.5) is 0 Å². The Balaban J connectivity index is 0. The summed E-state index contributed by atoms with van der Waals surface area (Å²) in [6.45, 7) is 17.0. The molecule has 0 saturated heterocycles. The van der Waals surface area contributed by atoms with Gasteiger partial charge < -0.3 is 12.2 Å². The van der Waals surface area contributed by atoms with Crippen LogP contribution in [0.3, 0.4) is 0 Å². The Kier molecular flexibility index (Phi) is 6.82. The Labute approximate surface area is 98.3 Å². The molecule has 1 atom stereocenters. The third-order valence-corrected chi connectivity index (χ3v) is 1.82. The molecule has 1 nitrogen and oxygen atoms in total. The van der Waals surface area contributed by atoms with E-state index in [2.05, 4.69) is 48.5 Å². The number of hydrogen-bond acceptors (Lipinski definition) is 0. The van der Waals surface area contributed by atoms with E-state index >= 15 is 0 Å². The minimum atomic E-state index is 0. The second-order valence-electron chi connectivity index (χ2n) is 5.47. The summed E-state index contributed by atoms with van der Waals surface area (Å²) in [7, 11) is 0. The topological polar surface area (TPSA) is 14.1 Å². The summed E-state index contributed by atoms with van der Waals surface area (Å²) in [4.78, 5) is 0. The molecule has 0 fully saturated rings. The van der Waals surface area contributed by atoms with Gasteiger partial charge in [-0.15, -0.1) is 5.54 Å². The van der Waals surface area contributed by atoms with Crippen LogP contribution in [0.2, 0.25) is 0 Å². The van der Waals surface area contributed by atoms with Crippen molar-refractivity contribution >= 4 is 0 Å². The molecule has 78 valence electrons. The average molecular weight is 353 g/mol. The van der Waals surface area contributed by atoms with E-state index in [1.54, 1.807) is 0 Å². The van der Waals surface area contributed by atoms with Gasteiger partial charge in [-0.25, -0.2) is 0 Å². The second kappa shape index (κ2) is 5.51. The summed E-state index contributed by atoms with van der Waals surface area (Å²) in [5, 5.41) is 4.74. The minimum absolute atomic E-state index is 0. The average Bonchev–Trinajstić information content (AvgIpc) is 1.78. The molecule has 0 aromatic heterocycles. The van der Waals surface area contributed by atoms with Gasteiger partial charge in [0.2, 0.25) is 0 Å². The van der Waals surface area contributed by atoms with Crippen molar-refractivity contribution in [2.24, 2.45) is 5.41 Å². The summed E-state index contributed by atoms with van der Waals surface area (Å²) in [6.07, 6.45) is 0.890. The van der Waals surface area contributed by atoms with Crippen molar-refractivity contribution in [1.29, 1.82) is 0 Å². The van der Waals surface area contributed by atoms with E-state index < -0.39 is 0 Å². The molecule has 2 heteroatoms. The first-order valence-electron chi connectivity index (χ1n) is 4.68. The largest absolute Gasteiger partial charge is 2.00 e. The van der Waals surface area contributed by atoms with Gasteiger partial charge in [0.25, 0.3) is 0 Å². The molecule has 0 radical (unpaired) electrons. The van der Waals surface area contributed by atoms with Gasteiger partial charge in [-0.2, -0.15) is 12.5 Å². The third kappa shape index (κ3) is 7.70. The molecular formula is C11H23NW. The molecule has 0 aromatic rings. The maximum Gasteiger partial charge on any atom is 2.00 e. The molecule has 0 heterocycles. The Morgan fingerprint density at radius 2 is 1.46 bits per heavy atom. The molecular weight excluding hydrogens is 330 g/mol. The van der Waals surface area contributed by atoms with E-state index in [1.807, 2.05) is 0 Å². The van der Waals surface area contributed by atoms with E-state index in [-0.39, 0.29) is 32.0 Å². The van der Waals surface area contributed by atoms with E-state index in [1.165, 1.54) is 0 Å². The summed E-state index contributed by atoms with van der Waals surface area (Å²) >= 11 is 0. The van der Waals surface area contributed by atoms with Crippen LogP contribution in [0.15, 0.2) is 0 Å². The van der Waals surface area contributed by atoms with Crippen molar-refractivity contribution in [2.75, 3.05) is 0 Å². The Morgan fingerprint density at radius 3 is 1.54 bits per heavy atom. The summed E-state index contributed by atoms with van der Waals surface area (Å²) < 4.78 is 0. The zero-order chi connectivity index (χ0) is 9.99. The first kappa shape index (κ1) is 16.1. The fourth-order valence-corrected chi connectivity index (χ4v) is 1.16. The first-order valence-corrected chi connectivity index (χ1v) is 4.68. The van der Waals surface area contributed by atoms with E-state index in [9.17, 15) is 0 Å². The molecule has 0 amide bonds. The van der Waals surface area contributed by atoms with Crippen molar-refractivity contribution in [2.45, 2.75) is 59.5 Å². The molecule has 1 unspecified atom stereocenters. The van der Waals surface area contributed by atoms with E-state index in [0.717, 1.165) is 6.42 Å². The number of hydrogen-bond donors (Lipinski definition) is 0. The normalized spacial score (nSPS) is 15.0. The molecule has 0 aliphatic rings. The maximum absolute atomic E-state index is 4.74. The van der Waals surface area contributed by atoms with Crippen molar-refractivity contribution in [3.8, 4) is 0 Å². The molecule has 0 N–H and O–H groups in total. The van der Waals surface area contributed by atoms with Crippen molar-refractivity contribution in [1.82, 2.24) is 0 Å². The summed E-state index contributed by atoms with van der Waals surface area (Å²) in [5.74, 6) is 0. The van der Waals surface area contributed by atoms with Gasteiger partial charge in [0.15, 0.2) is 0 Å². The summed E-state index contributed by atoms with van der Waals surface area (Å²) in [5.41, 5.74) is 0.310. The van der Waals surface area contributed by atoms with Crippen LogP contribution >= 0.6 is 0 Å². The van der Waals surface area contributed by atoms with Crippen LogP contribution in [0.1, 0.15) is 48.0 Å². The molecule has 0 spiro atoms. The van der Waals surface area contributed by atoms with Crippen LogP contribution < -0.4 is 0 Å². The Hall–Kier alpha value is 0.648. The molecule has 0 bridgehead atoms. The van der Waals surface area contributed by atoms with Crippen LogP contribution in [-0.2, 0) is 21.1 Å². The van der Waals surface area contributed by atoms with Crippen molar-refractivity contribution in [3.05, 3.63) is 12.2 Å². The molecule has 0 aromatic carbocycles. The van der Waals surface area contributed by atoms with Gasteiger partial charge in [0.05, 0.1) is 0 Å². The smallest absolute Gasteiger partial charge is 0.656 e. The van der Waals surface area contributed by atoms with Crippen LogP contribution in [0, 0.1) is 12.3 Å². The fourth-order valence-electron chi connectivity index (χ4n) is 1.16. The molecule has 0 aliphatic heterocycles. The zero-order valence-electron chi connectivity index (χ0n) is 9.85. The fraction of sp³-hybridized carbons (Fsp3) is 0.909.